The van der Waals surface area contributed by atoms with Gasteiger partial charge in [0.2, 0.25) is 0 Å². The molecule has 2 rings (SSSR count). The molecule has 2 nitrogen and oxygen atoms in total. The third kappa shape index (κ3) is 0.909. The first kappa shape index (κ1) is 6.40. The summed E-state index contributed by atoms with van der Waals surface area (Å²) in [7, 11) is 0. The molecule has 0 saturated heterocycles. The van der Waals surface area contributed by atoms with Crippen molar-refractivity contribution >= 4 is 5.91 Å². The molecule has 1 aliphatic rings. The van der Waals surface area contributed by atoms with Crippen LogP contribution < -0.4 is 5.32 Å². The van der Waals surface area contributed by atoms with Crippen molar-refractivity contribution in [3.05, 3.63) is 41.8 Å². The van der Waals surface area contributed by atoms with Crippen molar-refractivity contribution in [2.45, 2.75) is 6.54 Å². The van der Waals surface area contributed by atoms with Crippen LogP contribution in [0.15, 0.2) is 18.2 Å². The fraction of sp³-hybridized carbons (Fsp3) is 0.111. The van der Waals surface area contributed by atoms with Crippen LogP contribution in [0.25, 0.3) is 0 Å². The minimum absolute atomic E-state index is 0.0278. The van der Waals surface area contributed by atoms with Crippen LogP contribution in [-0.2, 0) is 6.54 Å². The zero-order chi connectivity index (χ0) is 7.84. The number of carbonyl (C=O) groups excluding carboxylic acids is 1. The number of amides is 1. The second-order valence-corrected chi connectivity index (χ2v) is 2.67. The molecule has 1 N–H and O–H groups in total. The van der Waals surface area contributed by atoms with Crippen LogP contribution in [0.4, 0.5) is 0 Å². The van der Waals surface area contributed by atoms with Gasteiger partial charge in [-0.05, 0) is 24.1 Å². The van der Waals surface area contributed by atoms with Gasteiger partial charge in [0.1, 0.15) is 0 Å². The summed E-state index contributed by atoms with van der Waals surface area (Å²) in [6.07, 6.45) is 0. The Bertz CT molecular complexity index is 317. The second-order valence-electron chi connectivity index (χ2n) is 2.67. The summed E-state index contributed by atoms with van der Waals surface area (Å²) in [6.45, 7) is 4.43. The highest BCUT2D eigenvalue weighted by atomic mass is 16.1. The van der Waals surface area contributed by atoms with E-state index in [9.17, 15) is 4.79 Å². The molecule has 1 aliphatic heterocycles. The van der Waals surface area contributed by atoms with Gasteiger partial charge in [0.25, 0.3) is 5.91 Å². The summed E-state index contributed by atoms with van der Waals surface area (Å²) >= 11 is 0. The van der Waals surface area contributed by atoms with Gasteiger partial charge < -0.3 is 5.32 Å². The fourth-order valence-corrected chi connectivity index (χ4v) is 1.29. The molecule has 0 unspecified atom stereocenters. The summed E-state index contributed by atoms with van der Waals surface area (Å²) in [5.41, 5.74) is 2.81. The highest BCUT2D eigenvalue weighted by Crippen LogP contribution is 2.16. The van der Waals surface area contributed by atoms with E-state index in [4.69, 9.17) is 0 Å². The molecule has 11 heavy (non-hydrogen) atoms. The van der Waals surface area contributed by atoms with Crippen LogP contribution in [0.1, 0.15) is 21.5 Å². The third-order valence-electron chi connectivity index (χ3n) is 1.85. The van der Waals surface area contributed by atoms with E-state index in [1.54, 1.807) is 0 Å². The smallest absolute Gasteiger partial charge is 0.251 e. The molecule has 1 radical (unpaired) electrons. The molecular formula is C9H8NO. The Kier molecular flexibility index (Phi) is 1.22. The number of hydrogen-bond acceptors (Lipinski definition) is 1. The lowest BCUT2D eigenvalue weighted by Crippen LogP contribution is -2.12. The van der Waals surface area contributed by atoms with Gasteiger partial charge in [-0.1, -0.05) is 12.1 Å². The average Bonchev–Trinajstić information content (AvgIpc) is 2.32. The van der Waals surface area contributed by atoms with Gasteiger partial charge in [-0.25, -0.2) is 0 Å². The van der Waals surface area contributed by atoms with Crippen molar-refractivity contribution < 1.29 is 4.79 Å². The van der Waals surface area contributed by atoms with Crippen molar-refractivity contribution in [2.75, 3.05) is 0 Å². The summed E-state index contributed by atoms with van der Waals surface area (Å²) in [6, 6.07) is 5.61. The number of fused-ring (bicyclic) bond motifs is 1. The SMILES string of the molecule is [CH2]c1ccc2c(c1)CNC2=O. The number of nitrogens with one attached hydrogen (secondary N) is 1. The minimum atomic E-state index is 0.0278. The van der Waals surface area contributed by atoms with E-state index in [0.717, 1.165) is 16.7 Å². The van der Waals surface area contributed by atoms with Crippen LogP contribution in [-0.4, -0.2) is 5.91 Å². The molecule has 0 spiro atoms. The Morgan fingerprint density at radius 2 is 2.27 bits per heavy atom. The molecule has 0 saturated carbocycles. The number of rotatable bonds is 0. The number of hydrogen-bond donors (Lipinski definition) is 1. The van der Waals surface area contributed by atoms with Gasteiger partial charge in [0, 0.05) is 12.1 Å². The maximum absolute atomic E-state index is 11.0. The molecule has 0 fully saturated rings. The van der Waals surface area contributed by atoms with Crippen LogP contribution in [0.2, 0.25) is 0 Å². The van der Waals surface area contributed by atoms with Gasteiger partial charge >= 0.3 is 0 Å². The standard InChI is InChI=1S/C9H8NO/c1-6-2-3-8-7(4-6)5-10-9(8)11/h2-4H,1,5H2,(H,10,11). The molecule has 1 aromatic rings. The third-order valence-corrected chi connectivity index (χ3v) is 1.85. The van der Waals surface area contributed by atoms with Gasteiger partial charge in [-0.2, -0.15) is 0 Å². The summed E-state index contributed by atoms with van der Waals surface area (Å²) in [5, 5.41) is 2.75. The van der Waals surface area contributed by atoms with Gasteiger partial charge in [-0.3, -0.25) is 4.79 Å². The van der Waals surface area contributed by atoms with E-state index < -0.39 is 0 Å². The minimum Gasteiger partial charge on any atom is -0.348 e. The monoisotopic (exact) mass is 146 g/mol. The molecule has 0 atom stereocenters. The van der Waals surface area contributed by atoms with Crippen molar-refractivity contribution in [2.24, 2.45) is 0 Å². The van der Waals surface area contributed by atoms with Crippen molar-refractivity contribution in [1.82, 2.24) is 5.32 Å². The molecule has 1 heterocycles. The van der Waals surface area contributed by atoms with Crippen LogP contribution in [0.5, 0.6) is 0 Å². The number of carbonyl (C=O) groups is 1. The lowest BCUT2D eigenvalue weighted by molar-refractivity contribution is 0.0966. The molecule has 0 aliphatic carbocycles. The first-order chi connectivity index (χ1) is 5.27. The molecule has 1 aromatic carbocycles. The Labute approximate surface area is 65.2 Å². The summed E-state index contributed by atoms with van der Waals surface area (Å²) < 4.78 is 0. The largest absolute Gasteiger partial charge is 0.348 e. The topological polar surface area (TPSA) is 29.1 Å². The normalized spacial score (nSPS) is 14.5. The average molecular weight is 146 g/mol. The van der Waals surface area contributed by atoms with Gasteiger partial charge in [0.15, 0.2) is 0 Å². The Hall–Kier alpha value is -1.31. The predicted octanol–water partition coefficient (Wildman–Crippen LogP) is 1.11. The van der Waals surface area contributed by atoms with E-state index in [1.807, 2.05) is 18.2 Å². The van der Waals surface area contributed by atoms with Crippen molar-refractivity contribution in [1.29, 1.82) is 0 Å². The first-order valence-electron chi connectivity index (χ1n) is 3.50. The highest BCUT2D eigenvalue weighted by molar-refractivity contribution is 5.98. The van der Waals surface area contributed by atoms with Gasteiger partial charge in [-0.15, -0.1) is 0 Å². The lowest BCUT2D eigenvalue weighted by Gasteiger charge is -1.95. The van der Waals surface area contributed by atoms with Crippen molar-refractivity contribution in [3.8, 4) is 0 Å². The fourth-order valence-electron chi connectivity index (χ4n) is 1.29. The number of benzene rings is 1. The van der Waals surface area contributed by atoms with E-state index >= 15 is 0 Å². The maximum Gasteiger partial charge on any atom is 0.251 e. The predicted molar refractivity (Wildman–Crippen MR) is 42.1 cm³/mol. The van der Waals surface area contributed by atoms with E-state index in [-0.39, 0.29) is 5.91 Å². The van der Waals surface area contributed by atoms with E-state index in [2.05, 4.69) is 12.2 Å². The zero-order valence-corrected chi connectivity index (χ0v) is 6.05. The first-order valence-corrected chi connectivity index (χ1v) is 3.50. The second kappa shape index (κ2) is 2.09. The molecule has 2 heteroatoms. The molecule has 0 aromatic heterocycles. The Morgan fingerprint density at radius 1 is 1.45 bits per heavy atom. The van der Waals surface area contributed by atoms with E-state index in [0.29, 0.717) is 6.54 Å². The highest BCUT2D eigenvalue weighted by Gasteiger charge is 2.17. The van der Waals surface area contributed by atoms with Crippen LogP contribution in [0.3, 0.4) is 0 Å². The zero-order valence-electron chi connectivity index (χ0n) is 6.05. The van der Waals surface area contributed by atoms with E-state index in [1.165, 1.54) is 0 Å². The van der Waals surface area contributed by atoms with Gasteiger partial charge in [0.05, 0.1) is 0 Å². The molecule has 0 bridgehead atoms. The molecule has 1 amide bonds. The van der Waals surface area contributed by atoms with Crippen LogP contribution in [0, 0.1) is 6.92 Å². The lowest BCUT2D eigenvalue weighted by atomic mass is 10.1. The Balaban J connectivity index is 2.59. The Morgan fingerprint density at radius 3 is 3.09 bits per heavy atom. The maximum atomic E-state index is 11.0. The molecule has 55 valence electrons. The van der Waals surface area contributed by atoms with Crippen molar-refractivity contribution in [3.63, 3.8) is 0 Å². The molecular weight excluding hydrogens is 138 g/mol. The van der Waals surface area contributed by atoms with Crippen LogP contribution >= 0.6 is 0 Å². The summed E-state index contributed by atoms with van der Waals surface area (Å²) in [4.78, 5) is 11.0. The quantitative estimate of drug-likeness (QED) is 0.583. The summed E-state index contributed by atoms with van der Waals surface area (Å²) in [5.74, 6) is 0.0278.